The molecule has 0 spiro atoms. The predicted octanol–water partition coefficient (Wildman–Crippen LogP) is 1.47. The van der Waals surface area contributed by atoms with E-state index in [9.17, 15) is 4.79 Å². The molecule has 1 aliphatic heterocycles. The third kappa shape index (κ3) is 4.24. The van der Waals surface area contributed by atoms with E-state index in [1.165, 1.54) is 5.56 Å². The first kappa shape index (κ1) is 17.6. The van der Waals surface area contributed by atoms with Crippen molar-refractivity contribution in [2.45, 2.75) is 19.9 Å². The van der Waals surface area contributed by atoms with Crippen LogP contribution < -0.4 is 5.32 Å². The van der Waals surface area contributed by atoms with Crippen LogP contribution in [0.4, 0.5) is 0 Å². The van der Waals surface area contributed by atoms with Gasteiger partial charge in [-0.05, 0) is 13.8 Å². The van der Waals surface area contributed by atoms with Crippen molar-refractivity contribution in [1.29, 1.82) is 0 Å². The Balaban J connectivity index is 1.60. The van der Waals surface area contributed by atoms with Gasteiger partial charge in [-0.25, -0.2) is 0 Å². The fourth-order valence-corrected chi connectivity index (χ4v) is 2.97. The van der Waals surface area contributed by atoms with Crippen LogP contribution in [0.2, 0.25) is 0 Å². The van der Waals surface area contributed by atoms with Gasteiger partial charge in [0.25, 0.3) is 0 Å². The normalized spacial score (nSPS) is 17.4. The van der Waals surface area contributed by atoms with Gasteiger partial charge in [-0.3, -0.25) is 14.6 Å². The summed E-state index contributed by atoms with van der Waals surface area (Å²) in [6, 6.07) is 8.16. The highest BCUT2D eigenvalue weighted by molar-refractivity contribution is 5.77. The van der Waals surface area contributed by atoms with Crippen LogP contribution in [0, 0.1) is 6.92 Å². The highest BCUT2D eigenvalue weighted by Gasteiger charge is 2.26. The number of carbonyl (C=O) groups excluding carboxylic acids is 1. The number of benzene rings is 1. The molecule has 0 bridgehead atoms. The molecule has 1 saturated heterocycles. The number of hydrogen-bond donors (Lipinski definition) is 1. The topological polar surface area (TPSA) is 74.5 Å². The number of piperazine rings is 1. The molecule has 1 amide bonds. The Kier molecular flexibility index (Phi) is 5.45. The van der Waals surface area contributed by atoms with E-state index < -0.39 is 0 Å². The van der Waals surface area contributed by atoms with Gasteiger partial charge in [0, 0.05) is 38.8 Å². The number of rotatable bonds is 5. The summed E-state index contributed by atoms with van der Waals surface area (Å²) in [4.78, 5) is 20.5. The first-order chi connectivity index (χ1) is 12.1. The fraction of sp³-hybridized carbons (Fsp3) is 0.500. The molecule has 7 heteroatoms. The molecule has 1 aromatic carbocycles. The maximum atomic E-state index is 11.5. The quantitative estimate of drug-likeness (QED) is 0.886. The Morgan fingerprint density at radius 3 is 2.56 bits per heavy atom. The minimum absolute atomic E-state index is 0.0566. The van der Waals surface area contributed by atoms with Crippen molar-refractivity contribution in [3.05, 3.63) is 35.7 Å². The van der Waals surface area contributed by atoms with E-state index in [4.69, 9.17) is 4.52 Å². The van der Waals surface area contributed by atoms with Gasteiger partial charge in [0.05, 0.1) is 12.6 Å². The molecule has 1 fully saturated rings. The number of nitrogens with one attached hydrogen (secondary N) is 1. The number of hydrogen-bond acceptors (Lipinski definition) is 6. The third-order valence-corrected chi connectivity index (χ3v) is 4.71. The van der Waals surface area contributed by atoms with Gasteiger partial charge in [0.15, 0.2) is 0 Å². The van der Waals surface area contributed by atoms with E-state index in [1.807, 2.05) is 24.3 Å². The summed E-state index contributed by atoms with van der Waals surface area (Å²) in [5, 5.41) is 6.79. The lowest BCUT2D eigenvalue weighted by atomic mass is 10.1. The van der Waals surface area contributed by atoms with Crippen LogP contribution >= 0.6 is 0 Å². The molecule has 1 atom stereocenters. The Hall–Kier alpha value is -2.25. The Morgan fingerprint density at radius 1 is 1.24 bits per heavy atom. The number of likely N-dealkylation sites (N-methyl/N-ethyl adjacent to an activating group) is 1. The van der Waals surface area contributed by atoms with Crippen LogP contribution in [0.3, 0.4) is 0 Å². The minimum atomic E-state index is 0.0566. The average molecular weight is 343 g/mol. The molecule has 1 N–H and O–H groups in total. The SMILES string of the molecule is CNC(=O)CN1CCN([C@H](C)c2nc(-c3ccc(C)cc3)no2)CC1. The lowest BCUT2D eigenvalue weighted by Gasteiger charge is -2.36. The number of aromatic nitrogens is 2. The van der Waals surface area contributed by atoms with Crippen LogP contribution in [-0.2, 0) is 4.79 Å². The molecule has 0 aliphatic carbocycles. The van der Waals surface area contributed by atoms with Crippen molar-refractivity contribution in [3.8, 4) is 11.4 Å². The second kappa shape index (κ2) is 7.76. The lowest BCUT2D eigenvalue weighted by molar-refractivity contribution is -0.122. The molecule has 1 aromatic heterocycles. The molecular weight excluding hydrogens is 318 g/mol. The second-order valence-electron chi connectivity index (χ2n) is 6.48. The second-order valence-corrected chi connectivity index (χ2v) is 6.48. The van der Waals surface area contributed by atoms with Crippen molar-refractivity contribution in [2.75, 3.05) is 39.8 Å². The molecule has 2 aromatic rings. The van der Waals surface area contributed by atoms with E-state index in [2.05, 4.69) is 39.1 Å². The standard InChI is InChI=1S/C18H25N5O2/c1-13-4-6-15(7-5-13)17-20-18(25-21-17)14(2)23-10-8-22(9-11-23)12-16(24)19-3/h4-7,14H,8-12H2,1-3H3,(H,19,24)/t14-/m1/s1. The summed E-state index contributed by atoms with van der Waals surface area (Å²) in [5.41, 5.74) is 2.17. The molecule has 1 aliphatic rings. The smallest absolute Gasteiger partial charge is 0.244 e. The number of carbonyl (C=O) groups is 1. The first-order valence-electron chi connectivity index (χ1n) is 8.64. The van der Waals surface area contributed by atoms with Crippen LogP contribution in [0.5, 0.6) is 0 Å². The van der Waals surface area contributed by atoms with E-state index in [0.717, 1.165) is 31.7 Å². The average Bonchev–Trinajstić information content (AvgIpc) is 3.12. The fourth-order valence-electron chi connectivity index (χ4n) is 2.97. The van der Waals surface area contributed by atoms with Crippen LogP contribution in [0.1, 0.15) is 24.4 Å². The summed E-state index contributed by atoms with van der Waals surface area (Å²) in [6.07, 6.45) is 0. The molecule has 2 heterocycles. The van der Waals surface area contributed by atoms with E-state index in [-0.39, 0.29) is 11.9 Å². The minimum Gasteiger partial charge on any atom is -0.358 e. The first-order valence-corrected chi connectivity index (χ1v) is 8.64. The van der Waals surface area contributed by atoms with Gasteiger partial charge >= 0.3 is 0 Å². The van der Waals surface area contributed by atoms with Gasteiger partial charge < -0.3 is 9.84 Å². The van der Waals surface area contributed by atoms with Crippen LogP contribution in [-0.4, -0.2) is 65.6 Å². The summed E-state index contributed by atoms with van der Waals surface area (Å²) in [6.45, 7) is 8.06. The van der Waals surface area contributed by atoms with Crippen molar-refractivity contribution in [1.82, 2.24) is 25.3 Å². The summed E-state index contributed by atoms with van der Waals surface area (Å²) < 4.78 is 5.49. The molecule has 0 saturated carbocycles. The lowest BCUT2D eigenvalue weighted by Crippen LogP contribution is -2.49. The zero-order valence-electron chi connectivity index (χ0n) is 15.0. The zero-order chi connectivity index (χ0) is 17.8. The molecule has 7 nitrogen and oxygen atoms in total. The van der Waals surface area contributed by atoms with Gasteiger partial charge in [-0.1, -0.05) is 35.0 Å². The van der Waals surface area contributed by atoms with Crippen LogP contribution in [0.15, 0.2) is 28.8 Å². The van der Waals surface area contributed by atoms with Gasteiger partial charge in [0.2, 0.25) is 17.6 Å². The van der Waals surface area contributed by atoms with Crippen molar-refractivity contribution < 1.29 is 9.32 Å². The Labute approximate surface area is 148 Å². The number of amides is 1. The number of nitrogens with zero attached hydrogens (tertiary/aromatic N) is 4. The van der Waals surface area contributed by atoms with E-state index in [1.54, 1.807) is 7.05 Å². The van der Waals surface area contributed by atoms with Crippen molar-refractivity contribution in [3.63, 3.8) is 0 Å². The Morgan fingerprint density at radius 2 is 1.92 bits per heavy atom. The molecule has 25 heavy (non-hydrogen) atoms. The summed E-state index contributed by atoms with van der Waals surface area (Å²) in [7, 11) is 1.67. The van der Waals surface area contributed by atoms with Gasteiger partial charge in [-0.2, -0.15) is 4.98 Å². The molecular formula is C18H25N5O2. The van der Waals surface area contributed by atoms with Crippen molar-refractivity contribution >= 4 is 5.91 Å². The predicted molar refractivity (Wildman–Crippen MR) is 95.0 cm³/mol. The largest absolute Gasteiger partial charge is 0.358 e. The maximum absolute atomic E-state index is 11.5. The van der Waals surface area contributed by atoms with Gasteiger partial charge in [0.1, 0.15) is 0 Å². The highest BCUT2D eigenvalue weighted by Crippen LogP contribution is 2.23. The zero-order valence-corrected chi connectivity index (χ0v) is 15.0. The van der Waals surface area contributed by atoms with Crippen LogP contribution in [0.25, 0.3) is 11.4 Å². The van der Waals surface area contributed by atoms with Gasteiger partial charge in [-0.15, -0.1) is 0 Å². The highest BCUT2D eigenvalue weighted by atomic mass is 16.5. The van der Waals surface area contributed by atoms with Crippen molar-refractivity contribution in [2.24, 2.45) is 0 Å². The summed E-state index contributed by atoms with van der Waals surface area (Å²) >= 11 is 0. The molecule has 0 unspecified atom stereocenters. The number of aryl methyl sites for hydroxylation is 1. The molecule has 134 valence electrons. The maximum Gasteiger partial charge on any atom is 0.244 e. The Bertz CT molecular complexity index is 705. The van der Waals surface area contributed by atoms with E-state index >= 15 is 0 Å². The molecule has 0 radical (unpaired) electrons. The molecule has 3 rings (SSSR count). The van der Waals surface area contributed by atoms with E-state index in [0.29, 0.717) is 18.3 Å². The third-order valence-electron chi connectivity index (χ3n) is 4.71. The summed E-state index contributed by atoms with van der Waals surface area (Å²) in [5.74, 6) is 1.32. The monoisotopic (exact) mass is 343 g/mol.